The summed E-state index contributed by atoms with van der Waals surface area (Å²) in [6.07, 6.45) is 0.356. The van der Waals surface area contributed by atoms with Crippen LogP contribution >= 0.6 is 11.6 Å². The minimum Gasteiger partial charge on any atom is -0.487 e. The molecule has 0 N–H and O–H groups in total. The van der Waals surface area contributed by atoms with Gasteiger partial charge in [0, 0.05) is 5.02 Å². The first-order valence-electron chi connectivity index (χ1n) is 4.77. The molecule has 3 heteroatoms. The van der Waals surface area contributed by atoms with Gasteiger partial charge in [0.1, 0.15) is 11.4 Å². The second-order valence-corrected chi connectivity index (χ2v) is 4.54. The van der Waals surface area contributed by atoms with Gasteiger partial charge in [0.25, 0.3) is 0 Å². The van der Waals surface area contributed by atoms with Gasteiger partial charge >= 0.3 is 0 Å². The van der Waals surface area contributed by atoms with Crippen LogP contribution in [0.4, 0.5) is 0 Å². The lowest BCUT2D eigenvalue weighted by Gasteiger charge is -2.24. The molecule has 1 aromatic carbocycles. The van der Waals surface area contributed by atoms with Crippen LogP contribution in [0.2, 0.25) is 5.02 Å². The third-order valence-corrected chi connectivity index (χ3v) is 2.26. The monoisotopic (exact) mass is 223 g/mol. The van der Waals surface area contributed by atoms with Crippen LogP contribution in [0, 0.1) is 18.3 Å². The fraction of sp³-hybridized carbons (Fsp3) is 0.417. The summed E-state index contributed by atoms with van der Waals surface area (Å²) in [6.45, 7) is 5.72. The van der Waals surface area contributed by atoms with Gasteiger partial charge in [-0.2, -0.15) is 5.26 Å². The third kappa shape index (κ3) is 3.45. The summed E-state index contributed by atoms with van der Waals surface area (Å²) in [5.74, 6) is 0.777. The molecule has 15 heavy (non-hydrogen) atoms. The van der Waals surface area contributed by atoms with E-state index in [2.05, 4.69) is 6.07 Å². The maximum Gasteiger partial charge on any atom is 0.123 e. The quantitative estimate of drug-likeness (QED) is 0.783. The zero-order valence-corrected chi connectivity index (χ0v) is 9.93. The highest BCUT2D eigenvalue weighted by molar-refractivity contribution is 6.30. The molecule has 0 radical (unpaired) electrons. The van der Waals surface area contributed by atoms with Gasteiger partial charge in [-0.3, -0.25) is 0 Å². The van der Waals surface area contributed by atoms with E-state index >= 15 is 0 Å². The number of halogens is 1. The van der Waals surface area contributed by atoms with Crippen molar-refractivity contribution in [1.82, 2.24) is 0 Å². The number of rotatable bonds is 3. The Morgan fingerprint density at radius 1 is 1.47 bits per heavy atom. The summed E-state index contributed by atoms with van der Waals surface area (Å²) in [4.78, 5) is 0. The first-order valence-corrected chi connectivity index (χ1v) is 5.14. The summed E-state index contributed by atoms with van der Waals surface area (Å²) in [5.41, 5.74) is 0.515. The van der Waals surface area contributed by atoms with Crippen LogP contribution in [0.1, 0.15) is 25.8 Å². The molecule has 0 atom stereocenters. The highest BCUT2D eigenvalue weighted by Crippen LogP contribution is 2.26. The smallest absolute Gasteiger partial charge is 0.123 e. The number of hydrogen-bond acceptors (Lipinski definition) is 2. The largest absolute Gasteiger partial charge is 0.487 e. The van der Waals surface area contributed by atoms with Crippen LogP contribution in [0.3, 0.4) is 0 Å². The maximum atomic E-state index is 8.64. The second-order valence-electron chi connectivity index (χ2n) is 4.11. The van der Waals surface area contributed by atoms with E-state index < -0.39 is 5.60 Å². The van der Waals surface area contributed by atoms with Crippen LogP contribution in [-0.4, -0.2) is 5.60 Å². The van der Waals surface area contributed by atoms with Crippen molar-refractivity contribution in [3.63, 3.8) is 0 Å². The van der Waals surface area contributed by atoms with E-state index in [-0.39, 0.29) is 0 Å². The molecule has 0 saturated carbocycles. The van der Waals surface area contributed by atoms with E-state index in [0.717, 1.165) is 11.3 Å². The number of benzene rings is 1. The van der Waals surface area contributed by atoms with Crippen LogP contribution in [0.25, 0.3) is 0 Å². The molecule has 0 saturated heterocycles. The molecule has 0 unspecified atom stereocenters. The van der Waals surface area contributed by atoms with Crippen molar-refractivity contribution < 1.29 is 4.74 Å². The summed E-state index contributed by atoms with van der Waals surface area (Å²) < 4.78 is 5.75. The normalized spacial score (nSPS) is 10.9. The van der Waals surface area contributed by atoms with Crippen LogP contribution in [-0.2, 0) is 0 Å². The Morgan fingerprint density at radius 2 is 2.13 bits per heavy atom. The molecular weight excluding hydrogens is 210 g/mol. The van der Waals surface area contributed by atoms with E-state index in [1.165, 1.54) is 0 Å². The van der Waals surface area contributed by atoms with Crippen LogP contribution in [0.15, 0.2) is 18.2 Å². The molecule has 0 amide bonds. The van der Waals surface area contributed by atoms with Gasteiger partial charge in [-0.05, 0) is 44.5 Å². The second kappa shape index (κ2) is 4.55. The number of ether oxygens (including phenoxy) is 1. The number of aryl methyl sites for hydroxylation is 1. The standard InChI is InChI=1S/C12H14ClNO/c1-9-8-10(13)4-5-11(9)15-12(2,3)6-7-14/h4-5,8H,6H2,1-3H3. The first-order chi connectivity index (χ1) is 6.94. The van der Waals surface area contributed by atoms with Crippen molar-refractivity contribution in [1.29, 1.82) is 5.26 Å². The number of hydrogen-bond donors (Lipinski definition) is 0. The Morgan fingerprint density at radius 3 is 2.67 bits per heavy atom. The van der Waals surface area contributed by atoms with Crippen molar-refractivity contribution in [2.75, 3.05) is 0 Å². The molecule has 0 heterocycles. The van der Waals surface area contributed by atoms with Gasteiger partial charge in [0.05, 0.1) is 12.5 Å². The molecule has 0 aromatic heterocycles. The van der Waals surface area contributed by atoms with E-state index in [1.807, 2.05) is 32.9 Å². The van der Waals surface area contributed by atoms with Gasteiger partial charge in [-0.25, -0.2) is 0 Å². The maximum absolute atomic E-state index is 8.64. The molecule has 0 aliphatic rings. The SMILES string of the molecule is Cc1cc(Cl)ccc1OC(C)(C)CC#N. The van der Waals surface area contributed by atoms with Crippen molar-refractivity contribution in [2.24, 2.45) is 0 Å². The minimum atomic E-state index is -0.465. The molecule has 1 rings (SSSR count). The van der Waals surface area contributed by atoms with Gasteiger partial charge in [0.2, 0.25) is 0 Å². The highest BCUT2D eigenvalue weighted by Gasteiger charge is 2.20. The minimum absolute atomic E-state index is 0.356. The Labute approximate surface area is 95.4 Å². The van der Waals surface area contributed by atoms with Crippen molar-refractivity contribution in [3.8, 4) is 11.8 Å². The predicted octanol–water partition coefficient (Wildman–Crippen LogP) is 3.72. The molecule has 0 spiro atoms. The van der Waals surface area contributed by atoms with E-state index in [4.69, 9.17) is 21.6 Å². The van der Waals surface area contributed by atoms with Gasteiger partial charge < -0.3 is 4.74 Å². The average Bonchev–Trinajstić information content (AvgIpc) is 2.09. The molecule has 0 bridgehead atoms. The molecular formula is C12H14ClNO. The van der Waals surface area contributed by atoms with E-state index in [0.29, 0.717) is 11.4 Å². The topological polar surface area (TPSA) is 33.0 Å². The van der Waals surface area contributed by atoms with Gasteiger partial charge in [-0.1, -0.05) is 11.6 Å². The van der Waals surface area contributed by atoms with Crippen molar-refractivity contribution >= 4 is 11.6 Å². The van der Waals surface area contributed by atoms with Gasteiger partial charge in [-0.15, -0.1) is 0 Å². The lowest BCUT2D eigenvalue weighted by atomic mass is 10.1. The predicted molar refractivity (Wildman–Crippen MR) is 61.1 cm³/mol. The highest BCUT2D eigenvalue weighted by atomic mass is 35.5. The average molecular weight is 224 g/mol. The Kier molecular flexibility index (Phi) is 3.60. The first kappa shape index (κ1) is 11.9. The zero-order chi connectivity index (χ0) is 11.5. The van der Waals surface area contributed by atoms with Crippen LogP contribution < -0.4 is 4.74 Å². The summed E-state index contributed by atoms with van der Waals surface area (Å²) >= 11 is 5.84. The zero-order valence-electron chi connectivity index (χ0n) is 9.17. The Bertz CT molecular complexity index is 393. The molecule has 0 fully saturated rings. The lowest BCUT2D eigenvalue weighted by molar-refractivity contribution is 0.114. The Balaban J connectivity index is 2.86. The molecule has 0 aliphatic heterocycles. The number of nitriles is 1. The molecule has 1 aromatic rings. The summed E-state index contributed by atoms with van der Waals surface area (Å²) in [7, 11) is 0. The Hall–Kier alpha value is -1.20. The number of nitrogens with zero attached hydrogens (tertiary/aromatic N) is 1. The molecule has 2 nitrogen and oxygen atoms in total. The van der Waals surface area contributed by atoms with Crippen LogP contribution in [0.5, 0.6) is 5.75 Å². The summed E-state index contributed by atoms with van der Waals surface area (Å²) in [5, 5.41) is 9.33. The van der Waals surface area contributed by atoms with Crippen molar-refractivity contribution in [3.05, 3.63) is 28.8 Å². The third-order valence-electron chi connectivity index (χ3n) is 2.03. The van der Waals surface area contributed by atoms with Crippen molar-refractivity contribution in [2.45, 2.75) is 32.8 Å². The molecule has 0 aliphatic carbocycles. The lowest BCUT2D eigenvalue weighted by Crippen LogP contribution is -2.27. The molecule has 80 valence electrons. The fourth-order valence-corrected chi connectivity index (χ4v) is 1.48. The fourth-order valence-electron chi connectivity index (χ4n) is 1.25. The van der Waals surface area contributed by atoms with E-state index in [1.54, 1.807) is 6.07 Å². The van der Waals surface area contributed by atoms with Gasteiger partial charge in [0.15, 0.2) is 0 Å². The summed E-state index contributed by atoms with van der Waals surface area (Å²) in [6, 6.07) is 7.57. The van der Waals surface area contributed by atoms with E-state index in [9.17, 15) is 0 Å².